The Hall–Kier alpha value is -3.22. The molecule has 2 aromatic carbocycles. The zero-order valence-electron chi connectivity index (χ0n) is 17.5. The van der Waals surface area contributed by atoms with E-state index in [2.05, 4.69) is 37.3 Å². The molecule has 0 spiro atoms. The molecule has 0 aliphatic heterocycles. The van der Waals surface area contributed by atoms with Gasteiger partial charge in [0.15, 0.2) is 0 Å². The molecule has 0 saturated carbocycles. The number of aryl methyl sites for hydroxylation is 1. The summed E-state index contributed by atoms with van der Waals surface area (Å²) < 4.78 is 0. The summed E-state index contributed by atoms with van der Waals surface area (Å²) in [5.74, 6) is 0.503. The zero-order chi connectivity index (χ0) is 21.8. The lowest BCUT2D eigenvalue weighted by atomic mass is 10.1. The largest absolute Gasteiger partial charge is 0.361 e. The van der Waals surface area contributed by atoms with Crippen LogP contribution in [0.15, 0.2) is 67.1 Å². The van der Waals surface area contributed by atoms with E-state index < -0.39 is 0 Å². The first kappa shape index (κ1) is 21.0. The van der Waals surface area contributed by atoms with E-state index in [1.807, 2.05) is 62.9 Å². The molecule has 0 radical (unpaired) electrons. The van der Waals surface area contributed by atoms with Crippen molar-refractivity contribution in [3.8, 4) is 0 Å². The van der Waals surface area contributed by atoms with Gasteiger partial charge in [-0.3, -0.25) is 9.69 Å². The number of hydrogen-bond donors (Lipinski definition) is 2. The first-order valence-electron chi connectivity index (χ1n) is 10.1. The number of hydrogen-bond acceptors (Lipinski definition) is 4. The summed E-state index contributed by atoms with van der Waals surface area (Å²) in [6.45, 7) is 2.98. The lowest BCUT2D eigenvalue weighted by Crippen LogP contribution is -2.36. The van der Waals surface area contributed by atoms with Gasteiger partial charge in [0.05, 0.1) is 16.6 Å². The van der Waals surface area contributed by atoms with Crippen molar-refractivity contribution in [2.24, 2.45) is 0 Å². The average Bonchev–Trinajstić information content (AvgIpc) is 3.26. The molecule has 0 aliphatic rings. The number of H-pyrrole nitrogens is 1. The normalized spacial score (nSPS) is 12.3. The molecule has 4 aromatic rings. The summed E-state index contributed by atoms with van der Waals surface area (Å²) >= 11 is 6.49. The lowest BCUT2D eigenvalue weighted by Gasteiger charge is -2.28. The Kier molecular flexibility index (Phi) is 6.30. The van der Waals surface area contributed by atoms with E-state index in [9.17, 15) is 4.79 Å². The van der Waals surface area contributed by atoms with Gasteiger partial charge in [-0.2, -0.15) is 0 Å². The van der Waals surface area contributed by atoms with Crippen LogP contribution in [-0.4, -0.2) is 39.4 Å². The molecule has 7 heteroatoms. The van der Waals surface area contributed by atoms with E-state index in [-0.39, 0.29) is 11.9 Å². The molecular formula is C24H24ClN5O. The molecule has 4 rings (SSSR count). The minimum absolute atomic E-state index is 0.0977. The smallest absolute Gasteiger partial charge is 0.252 e. The molecule has 1 unspecified atom stereocenters. The van der Waals surface area contributed by atoms with E-state index in [0.29, 0.717) is 23.0 Å². The molecule has 0 aliphatic carbocycles. The molecule has 31 heavy (non-hydrogen) atoms. The summed E-state index contributed by atoms with van der Waals surface area (Å²) in [7, 11) is 2.03. The minimum atomic E-state index is -0.209. The van der Waals surface area contributed by atoms with Crippen LogP contribution in [0.5, 0.6) is 0 Å². The molecule has 2 aromatic heterocycles. The Labute approximate surface area is 186 Å². The highest BCUT2D eigenvalue weighted by Gasteiger charge is 2.21. The van der Waals surface area contributed by atoms with Crippen molar-refractivity contribution in [1.82, 2.24) is 25.2 Å². The maximum Gasteiger partial charge on any atom is 0.252 e. The number of nitrogens with one attached hydrogen (secondary N) is 2. The Balaban J connectivity index is 1.54. The van der Waals surface area contributed by atoms with E-state index in [0.717, 1.165) is 23.0 Å². The highest BCUT2D eigenvalue weighted by molar-refractivity contribution is 6.38. The van der Waals surface area contributed by atoms with Gasteiger partial charge in [-0.25, -0.2) is 9.97 Å². The number of aromatic amines is 1. The van der Waals surface area contributed by atoms with Crippen LogP contribution < -0.4 is 5.32 Å². The summed E-state index contributed by atoms with van der Waals surface area (Å²) in [6, 6.07) is 15.6. The molecule has 2 heterocycles. The van der Waals surface area contributed by atoms with Gasteiger partial charge < -0.3 is 10.3 Å². The van der Waals surface area contributed by atoms with Crippen molar-refractivity contribution < 1.29 is 4.79 Å². The van der Waals surface area contributed by atoms with Crippen LogP contribution in [-0.2, 0) is 6.54 Å². The van der Waals surface area contributed by atoms with Crippen molar-refractivity contribution in [2.75, 3.05) is 13.6 Å². The Morgan fingerprint density at radius 2 is 1.87 bits per heavy atom. The van der Waals surface area contributed by atoms with Crippen LogP contribution in [0.1, 0.15) is 33.4 Å². The van der Waals surface area contributed by atoms with Gasteiger partial charge in [0.25, 0.3) is 5.91 Å². The van der Waals surface area contributed by atoms with Crippen molar-refractivity contribution in [3.05, 3.63) is 94.7 Å². The minimum Gasteiger partial charge on any atom is -0.361 e. The first-order chi connectivity index (χ1) is 15.0. The van der Waals surface area contributed by atoms with Gasteiger partial charge in [-0.1, -0.05) is 41.9 Å². The molecule has 1 amide bonds. The number of rotatable bonds is 7. The summed E-state index contributed by atoms with van der Waals surface area (Å²) in [4.78, 5) is 26.9. The Morgan fingerprint density at radius 1 is 1.13 bits per heavy atom. The van der Waals surface area contributed by atoms with E-state index in [4.69, 9.17) is 11.6 Å². The summed E-state index contributed by atoms with van der Waals surface area (Å²) in [5, 5.41) is 4.33. The van der Waals surface area contributed by atoms with Crippen LogP contribution in [0.25, 0.3) is 10.9 Å². The molecular weight excluding hydrogens is 410 g/mol. The van der Waals surface area contributed by atoms with Crippen LogP contribution in [0.3, 0.4) is 0 Å². The van der Waals surface area contributed by atoms with Gasteiger partial charge in [-0.15, -0.1) is 0 Å². The maximum atomic E-state index is 12.9. The molecule has 1 atom stereocenters. The number of likely N-dealkylation sites (N-methyl/N-ethyl adjacent to an activating group) is 1. The van der Waals surface area contributed by atoms with E-state index in [1.165, 1.54) is 5.56 Å². The van der Waals surface area contributed by atoms with Crippen molar-refractivity contribution in [2.45, 2.75) is 19.5 Å². The molecule has 6 nitrogen and oxygen atoms in total. The fourth-order valence-electron chi connectivity index (χ4n) is 3.64. The van der Waals surface area contributed by atoms with Crippen LogP contribution in [0.4, 0.5) is 0 Å². The van der Waals surface area contributed by atoms with Crippen molar-refractivity contribution in [1.29, 1.82) is 0 Å². The van der Waals surface area contributed by atoms with Crippen molar-refractivity contribution >= 4 is 28.4 Å². The second-order valence-corrected chi connectivity index (χ2v) is 7.93. The summed E-state index contributed by atoms with van der Waals surface area (Å²) in [6.07, 6.45) is 5.45. The second kappa shape index (κ2) is 9.29. The number of halogens is 1. The van der Waals surface area contributed by atoms with Gasteiger partial charge in [0.1, 0.15) is 5.82 Å². The third-order valence-corrected chi connectivity index (χ3v) is 5.77. The van der Waals surface area contributed by atoms with Crippen LogP contribution >= 0.6 is 11.6 Å². The molecule has 0 fully saturated rings. The standard InChI is InChI=1S/C24H24ClN5O/c1-16-27-12-18(13-28-16)22(30(2)15-17-6-4-3-5-7-17)14-29-24(31)20-8-9-21-19(23(20)25)10-11-26-21/h3-13,22,26H,14-15H2,1-2H3,(H,29,31). The Morgan fingerprint density at radius 3 is 2.61 bits per heavy atom. The maximum absolute atomic E-state index is 12.9. The van der Waals surface area contributed by atoms with Gasteiger partial charge in [0.2, 0.25) is 0 Å². The number of amides is 1. The van der Waals surface area contributed by atoms with Gasteiger partial charge in [0, 0.05) is 48.1 Å². The van der Waals surface area contributed by atoms with Crippen LogP contribution in [0, 0.1) is 6.92 Å². The highest BCUT2D eigenvalue weighted by Crippen LogP contribution is 2.27. The average molecular weight is 434 g/mol. The first-order valence-corrected chi connectivity index (χ1v) is 10.5. The fraction of sp³-hybridized carbons (Fsp3) is 0.208. The highest BCUT2D eigenvalue weighted by atomic mass is 35.5. The monoisotopic (exact) mass is 433 g/mol. The van der Waals surface area contributed by atoms with Gasteiger partial charge in [-0.05, 0) is 37.7 Å². The molecule has 0 saturated heterocycles. The number of carbonyl (C=O) groups excluding carboxylic acids is 1. The number of nitrogens with zero attached hydrogens (tertiary/aromatic N) is 3. The quantitative estimate of drug-likeness (QED) is 0.449. The van der Waals surface area contributed by atoms with Crippen LogP contribution in [0.2, 0.25) is 5.02 Å². The number of fused-ring (bicyclic) bond motifs is 1. The molecule has 0 bridgehead atoms. The number of aromatic nitrogens is 3. The van der Waals surface area contributed by atoms with Crippen molar-refractivity contribution in [3.63, 3.8) is 0 Å². The predicted molar refractivity (Wildman–Crippen MR) is 123 cm³/mol. The number of benzene rings is 2. The molecule has 2 N–H and O–H groups in total. The molecule has 158 valence electrons. The predicted octanol–water partition coefficient (Wildman–Crippen LogP) is 4.52. The zero-order valence-corrected chi connectivity index (χ0v) is 18.2. The summed E-state index contributed by atoms with van der Waals surface area (Å²) in [5.41, 5.74) is 3.49. The third kappa shape index (κ3) is 4.76. The fourth-order valence-corrected chi connectivity index (χ4v) is 3.95. The van der Waals surface area contributed by atoms with E-state index in [1.54, 1.807) is 6.07 Å². The van der Waals surface area contributed by atoms with Gasteiger partial charge >= 0.3 is 0 Å². The topological polar surface area (TPSA) is 73.9 Å². The Bertz CT molecular complexity index is 1170. The lowest BCUT2D eigenvalue weighted by molar-refractivity contribution is 0.0937. The SMILES string of the molecule is Cc1ncc(C(CNC(=O)c2ccc3[nH]ccc3c2Cl)N(C)Cc2ccccc2)cn1. The second-order valence-electron chi connectivity index (χ2n) is 7.56. The number of carbonyl (C=O) groups is 1. The van der Waals surface area contributed by atoms with E-state index >= 15 is 0 Å². The third-order valence-electron chi connectivity index (χ3n) is 5.36.